The van der Waals surface area contributed by atoms with Crippen LogP contribution >= 0.6 is 0 Å². The third-order valence-corrected chi connectivity index (χ3v) is 4.59. The van der Waals surface area contributed by atoms with Crippen molar-refractivity contribution in [3.8, 4) is 0 Å². The number of carboxylic acid groups (broad SMARTS) is 1. The molecule has 2 heterocycles. The van der Waals surface area contributed by atoms with Gasteiger partial charge in [0.15, 0.2) is 0 Å². The molecule has 3 atom stereocenters. The zero-order chi connectivity index (χ0) is 15.1. The largest absolute Gasteiger partial charge is 0.481 e. The smallest absolute Gasteiger partial charge is 0.308 e. The minimum atomic E-state index is -0.819. The van der Waals surface area contributed by atoms with E-state index in [1.807, 2.05) is 4.90 Å². The van der Waals surface area contributed by atoms with E-state index >= 15 is 0 Å². The Morgan fingerprint density at radius 3 is 2.86 bits per heavy atom. The SMILES string of the molecule is O=C(O)C1CC2CCC1N2Cc1cc(F)ccc1[N+](=O)[O-]. The van der Waals surface area contributed by atoms with Crippen molar-refractivity contribution in [2.45, 2.75) is 37.9 Å². The van der Waals surface area contributed by atoms with Gasteiger partial charge in [-0.25, -0.2) is 4.39 Å². The molecule has 0 saturated carbocycles. The maximum absolute atomic E-state index is 13.4. The number of aliphatic carboxylic acids is 1. The van der Waals surface area contributed by atoms with Gasteiger partial charge in [-0.15, -0.1) is 0 Å². The van der Waals surface area contributed by atoms with Crippen molar-refractivity contribution in [1.82, 2.24) is 4.90 Å². The van der Waals surface area contributed by atoms with Crippen LogP contribution in [0, 0.1) is 21.8 Å². The Balaban J connectivity index is 1.86. The number of fused-ring (bicyclic) bond motifs is 2. The summed E-state index contributed by atoms with van der Waals surface area (Å²) in [6.45, 7) is 0.229. The van der Waals surface area contributed by atoms with Crippen molar-refractivity contribution in [3.63, 3.8) is 0 Å². The van der Waals surface area contributed by atoms with E-state index in [4.69, 9.17) is 0 Å². The number of nitro benzene ring substituents is 1. The van der Waals surface area contributed by atoms with E-state index in [0.717, 1.165) is 25.0 Å². The van der Waals surface area contributed by atoms with Crippen molar-refractivity contribution in [2.24, 2.45) is 5.92 Å². The molecule has 6 nitrogen and oxygen atoms in total. The summed E-state index contributed by atoms with van der Waals surface area (Å²) in [6.07, 6.45) is 2.26. The number of nitro groups is 1. The van der Waals surface area contributed by atoms with Crippen molar-refractivity contribution in [1.29, 1.82) is 0 Å². The summed E-state index contributed by atoms with van der Waals surface area (Å²) in [5, 5.41) is 20.2. The Bertz CT molecular complexity index is 607. The number of benzene rings is 1. The summed E-state index contributed by atoms with van der Waals surface area (Å²) in [5.74, 6) is -1.76. The maximum Gasteiger partial charge on any atom is 0.308 e. The highest BCUT2D eigenvalue weighted by Crippen LogP contribution is 2.43. The first-order valence-electron chi connectivity index (χ1n) is 6.88. The fraction of sp³-hybridized carbons (Fsp3) is 0.500. The molecule has 3 rings (SSSR count). The van der Waals surface area contributed by atoms with Crippen LogP contribution in [0.3, 0.4) is 0 Å². The molecule has 1 aromatic rings. The van der Waals surface area contributed by atoms with E-state index in [2.05, 4.69) is 0 Å². The second kappa shape index (κ2) is 5.07. The first-order chi connectivity index (χ1) is 9.97. The molecule has 112 valence electrons. The predicted octanol–water partition coefficient (Wildman–Crippen LogP) is 2.17. The lowest BCUT2D eigenvalue weighted by Gasteiger charge is -2.22. The lowest BCUT2D eigenvalue weighted by Crippen LogP contribution is -2.32. The molecule has 0 aromatic heterocycles. The van der Waals surface area contributed by atoms with E-state index in [0.29, 0.717) is 12.0 Å². The summed E-state index contributed by atoms with van der Waals surface area (Å²) in [6, 6.07) is 3.43. The van der Waals surface area contributed by atoms with E-state index in [1.165, 1.54) is 6.07 Å². The van der Waals surface area contributed by atoms with Gasteiger partial charge in [0.2, 0.25) is 0 Å². The van der Waals surface area contributed by atoms with Crippen LogP contribution in [-0.2, 0) is 11.3 Å². The predicted molar refractivity (Wildman–Crippen MR) is 71.2 cm³/mol. The van der Waals surface area contributed by atoms with Gasteiger partial charge >= 0.3 is 5.97 Å². The zero-order valence-corrected chi connectivity index (χ0v) is 11.2. The summed E-state index contributed by atoms with van der Waals surface area (Å²) in [4.78, 5) is 23.7. The van der Waals surface area contributed by atoms with E-state index < -0.39 is 22.6 Å². The molecule has 2 fully saturated rings. The second-order valence-corrected chi connectivity index (χ2v) is 5.68. The number of hydrogen-bond acceptors (Lipinski definition) is 4. The minimum Gasteiger partial charge on any atom is -0.481 e. The third kappa shape index (κ3) is 2.37. The van der Waals surface area contributed by atoms with Gasteiger partial charge in [0.1, 0.15) is 5.82 Å². The molecule has 7 heteroatoms. The summed E-state index contributed by atoms with van der Waals surface area (Å²) >= 11 is 0. The van der Waals surface area contributed by atoms with Crippen molar-refractivity contribution < 1.29 is 19.2 Å². The van der Waals surface area contributed by atoms with Crippen LogP contribution in [0.5, 0.6) is 0 Å². The maximum atomic E-state index is 13.4. The molecule has 21 heavy (non-hydrogen) atoms. The number of hydrogen-bond donors (Lipinski definition) is 1. The van der Waals surface area contributed by atoms with Crippen LogP contribution in [0.2, 0.25) is 0 Å². The number of carboxylic acids is 1. The van der Waals surface area contributed by atoms with Crippen LogP contribution in [0.1, 0.15) is 24.8 Å². The molecule has 2 aliphatic rings. The molecule has 0 spiro atoms. The van der Waals surface area contributed by atoms with Crippen LogP contribution < -0.4 is 0 Å². The monoisotopic (exact) mass is 294 g/mol. The number of carbonyl (C=O) groups is 1. The Labute approximate surface area is 120 Å². The number of nitrogens with zero attached hydrogens (tertiary/aromatic N) is 2. The van der Waals surface area contributed by atoms with Gasteiger partial charge < -0.3 is 5.11 Å². The Morgan fingerprint density at radius 1 is 1.48 bits per heavy atom. The Kier molecular flexibility index (Phi) is 3.36. The standard InChI is InChI=1S/C14H15FN2O4/c15-9-1-3-12(17(20)21)8(5-9)7-16-10-2-4-13(16)11(6-10)14(18)19/h1,3,5,10-11,13H,2,4,6-7H2,(H,18,19). The third-order valence-electron chi connectivity index (χ3n) is 4.59. The molecule has 1 aromatic carbocycles. The zero-order valence-electron chi connectivity index (χ0n) is 11.2. The molecule has 0 amide bonds. The molecule has 0 radical (unpaired) electrons. The van der Waals surface area contributed by atoms with Gasteiger partial charge in [0, 0.05) is 30.3 Å². The topological polar surface area (TPSA) is 83.7 Å². The van der Waals surface area contributed by atoms with Gasteiger partial charge in [-0.1, -0.05) is 0 Å². The highest BCUT2D eigenvalue weighted by Gasteiger charge is 2.49. The molecule has 2 aliphatic heterocycles. The second-order valence-electron chi connectivity index (χ2n) is 5.68. The van der Waals surface area contributed by atoms with Gasteiger partial charge in [-0.3, -0.25) is 19.8 Å². The highest BCUT2D eigenvalue weighted by atomic mass is 19.1. The Morgan fingerprint density at radius 2 is 2.24 bits per heavy atom. The van der Waals surface area contributed by atoms with Crippen LogP contribution in [0.15, 0.2) is 18.2 Å². The van der Waals surface area contributed by atoms with Crippen LogP contribution in [-0.4, -0.2) is 33.0 Å². The van der Waals surface area contributed by atoms with Gasteiger partial charge in [-0.05, 0) is 31.4 Å². The highest BCUT2D eigenvalue weighted by molar-refractivity contribution is 5.71. The van der Waals surface area contributed by atoms with Gasteiger partial charge in [-0.2, -0.15) is 0 Å². The van der Waals surface area contributed by atoms with Crippen molar-refractivity contribution >= 4 is 11.7 Å². The number of rotatable bonds is 4. The first-order valence-corrected chi connectivity index (χ1v) is 6.88. The molecular formula is C14H15FN2O4. The minimum absolute atomic E-state index is 0.102. The average molecular weight is 294 g/mol. The molecule has 0 aliphatic carbocycles. The summed E-state index contributed by atoms with van der Waals surface area (Å²) < 4.78 is 13.4. The Hall–Kier alpha value is -2.02. The van der Waals surface area contributed by atoms with Crippen LogP contribution in [0.25, 0.3) is 0 Å². The summed E-state index contributed by atoms with van der Waals surface area (Å²) in [5.41, 5.74) is 0.192. The quantitative estimate of drug-likeness (QED) is 0.679. The van der Waals surface area contributed by atoms with Gasteiger partial charge in [0.05, 0.1) is 10.8 Å². The summed E-state index contributed by atoms with van der Waals surface area (Å²) in [7, 11) is 0. The lowest BCUT2D eigenvalue weighted by atomic mass is 9.89. The fourth-order valence-electron chi connectivity index (χ4n) is 3.67. The molecule has 2 bridgehead atoms. The van der Waals surface area contributed by atoms with Crippen molar-refractivity contribution in [3.05, 3.63) is 39.7 Å². The lowest BCUT2D eigenvalue weighted by molar-refractivity contribution is -0.385. The first kappa shape index (κ1) is 13.9. The molecule has 2 saturated heterocycles. The van der Waals surface area contributed by atoms with E-state index in [1.54, 1.807) is 0 Å². The molecular weight excluding hydrogens is 279 g/mol. The molecule has 1 N–H and O–H groups in total. The van der Waals surface area contributed by atoms with Crippen LogP contribution in [0.4, 0.5) is 10.1 Å². The van der Waals surface area contributed by atoms with E-state index in [9.17, 15) is 24.4 Å². The average Bonchev–Trinajstić information content (AvgIpc) is 2.95. The van der Waals surface area contributed by atoms with Gasteiger partial charge in [0.25, 0.3) is 5.69 Å². The normalized spacial score (nSPS) is 28.0. The fourth-order valence-corrected chi connectivity index (χ4v) is 3.67. The number of halogens is 1. The van der Waals surface area contributed by atoms with Crippen molar-refractivity contribution in [2.75, 3.05) is 0 Å². The van der Waals surface area contributed by atoms with E-state index in [-0.39, 0.29) is 24.3 Å². The molecule has 3 unspecified atom stereocenters.